The molecule has 2 aromatic rings. The highest BCUT2D eigenvalue weighted by atomic mass is 16.6. The molecule has 1 fully saturated rings. The van der Waals surface area contributed by atoms with Crippen LogP contribution in [-0.4, -0.2) is 30.0 Å². The molecule has 130 valence electrons. The van der Waals surface area contributed by atoms with Gasteiger partial charge < -0.3 is 14.4 Å². The maximum absolute atomic E-state index is 12.6. The molecule has 1 heterocycles. The molecule has 0 unspecified atom stereocenters. The maximum Gasteiger partial charge on any atom is 0.303 e. The first kappa shape index (κ1) is 17.0. The number of methoxy groups -OCH3 is 1. The second kappa shape index (κ2) is 6.97. The van der Waals surface area contributed by atoms with Gasteiger partial charge >= 0.3 is 5.97 Å². The SMILES string of the molecule is COc1ccc([C@@H]2[C@H](OC(C)=O)C(=O)N2[C@@H](C)c2ccccc2)cc1. The van der Waals surface area contributed by atoms with Crippen LogP contribution in [0.4, 0.5) is 0 Å². The number of hydrogen-bond donors (Lipinski definition) is 0. The highest BCUT2D eigenvalue weighted by Gasteiger charge is 2.52. The summed E-state index contributed by atoms with van der Waals surface area (Å²) in [7, 11) is 1.60. The summed E-state index contributed by atoms with van der Waals surface area (Å²) in [6.45, 7) is 3.30. The lowest BCUT2D eigenvalue weighted by Crippen LogP contribution is -2.60. The van der Waals surface area contributed by atoms with Gasteiger partial charge in [0.2, 0.25) is 6.10 Å². The van der Waals surface area contributed by atoms with Crippen molar-refractivity contribution in [1.29, 1.82) is 0 Å². The molecule has 3 rings (SSSR count). The monoisotopic (exact) mass is 339 g/mol. The lowest BCUT2D eigenvalue weighted by atomic mass is 9.87. The zero-order valence-corrected chi connectivity index (χ0v) is 14.5. The first-order valence-electron chi connectivity index (χ1n) is 8.21. The van der Waals surface area contributed by atoms with Gasteiger partial charge in [0.05, 0.1) is 13.2 Å². The average molecular weight is 339 g/mol. The Balaban J connectivity index is 1.92. The Morgan fingerprint density at radius 1 is 1.08 bits per heavy atom. The number of carbonyl (C=O) groups is 2. The Labute approximate surface area is 147 Å². The van der Waals surface area contributed by atoms with Crippen molar-refractivity contribution in [2.75, 3.05) is 7.11 Å². The standard InChI is InChI=1S/C20H21NO4/c1-13(15-7-5-4-6-8-15)21-18(19(20(21)23)25-14(2)22)16-9-11-17(24-3)12-10-16/h4-13,18-19H,1-3H3/t13-,18+,19-/m0/s1. The Hall–Kier alpha value is -2.82. The Morgan fingerprint density at radius 3 is 2.28 bits per heavy atom. The third kappa shape index (κ3) is 3.22. The molecule has 1 aliphatic rings. The van der Waals surface area contributed by atoms with Crippen LogP contribution in [0.25, 0.3) is 0 Å². The summed E-state index contributed by atoms with van der Waals surface area (Å²) >= 11 is 0. The summed E-state index contributed by atoms with van der Waals surface area (Å²) < 4.78 is 10.5. The number of esters is 1. The van der Waals surface area contributed by atoms with Crippen LogP contribution in [0.3, 0.4) is 0 Å². The van der Waals surface area contributed by atoms with E-state index in [0.717, 1.165) is 16.9 Å². The van der Waals surface area contributed by atoms with Crippen LogP contribution < -0.4 is 4.74 Å². The predicted molar refractivity (Wildman–Crippen MR) is 93.0 cm³/mol. The first-order chi connectivity index (χ1) is 12.0. The van der Waals surface area contributed by atoms with Gasteiger partial charge in [0, 0.05) is 6.92 Å². The molecule has 0 bridgehead atoms. The van der Waals surface area contributed by atoms with E-state index in [9.17, 15) is 9.59 Å². The van der Waals surface area contributed by atoms with E-state index in [4.69, 9.17) is 9.47 Å². The summed E-state index contributed by atoms with van der Waals surface area (Å²) in [6.07, 6.45) is -0.781. The van der Waals surface area contributed by atoms with E-state index in [1.54, 1.807) is 12.0 Å². The fraction of sp³-hybridized carbons (Fsp3) is 0.300. The zero-order chi connectivity index (χ0) is 18.0. The summed E-state index contributed by atoms with van der Waals surface area (Å²) in [5.41, 5.74) is 1.95. The third-order valence-corrected chi connectivity index (χ3v) is 4.53. The number of benzene rings is 2. The second-order valence-corrected chi connectivity index (χ2v) is 6.08. The summed E-state index contributed by atoms with van der Waals surface area (Å²) in [5.74, 6) is 0.109. The molecule has 25 heavy (non-hydrogen) atoms. The number of nitrogens with zero attached hydrogens (tertiary/aromatic N) is 1. The van der Waals surface area contributed by atoms with E-state index in [2.05, 4.69) is 0 Å². The average Bonchev–Trinajstić information content (AvgIpc) is 2.64. The van der Waals surface area contributed by atoms with Gasteiger partial charge in [-0.15, -0.1) is 0 Å². The molecule has 5 heteroatoms. The van der Waals surface area contributed by atoms with Gasteiger partial charge in [-0.1, -0.05) is 42.5 Å². The van der Waals surface area contributed by atoms with Crippen LogP contribution in [0, 0.1) is 0 Å². The largest absolute Gasteiger partial charge is 0.497 e. The van der Waals surface area contributed by atoms with E-state index in [1.165, 1.54) is 6.92 Å². The van der Waals surface area contributed by atoms with Crippen LogP contribution in [0.5, 0.6) is 5.75 Å². The van der Waals surface area contributed by atoms with E-state index in [0.29, 0.717) is 0 Å². The molecule has 0 aliphatic carbocycles. The van der Waals surface area contributed by atoms with Crippen LogP contribution in [0.1, 0.15) is 37.1 Å². The fourth-order valence-corrected chi connectivity index (χ4v) is 3.24. The van der Waals surface area contributed by atoms with Crippen LogP contribution in [0.2, 0.25) is 0 Å². The third-order valence-electron chi connectivity index (χ3n) is 4.53. The van der Waals surface area contributed by atoms with E-state index in [-0.39, 0.29) is 18.0 Å². The molecule has 3 atom stereocenters. The van der Waals surface area contributed by atoms with Crippen molar-refractivity contribution in [3.05, 3.63) is 65.7 Å². The van der Waals surface area contributed by atoms with Gasteiger partial charge in [-0.2, -0.15) is 0 Å². The highest BCUT2D eigenvalue weighted by molar-refractivity contribution is 5.91. The molecule has 1 amide bonds. The highest BCUT2D eigenvalue weighted by Crippen LogP contribution is 2.43. The van der Waals surface area contributed by atoms with E-state index < -0.39 is 12.1 Å². The molecule has 0 aromatic heterocycles. The zero-order valence-electron chi connectivity index (χ0n) is 14.5. The minimum atomic E-state index is -0.781. The predicted octanol–water partition coefficient (Wildman–Crippen LogP) is 3.27. The molecular weight excluding hydrogens is 318 g/mol. The van der Waals surface area contributed by atoms with Crippen molar-refractivity contribution >= 4 is 11.9 Å². The van der Waals surface area contributed by atoms with Gasteiger partial charge in [0.15, 0.2) is 0 Å². The summed E-state index contributed by atoms with van der Waals surface area (Å²) in [4.78, 5) is 25.8. The quantitative estimate of drug-likeness (QED) is 0.620. The molecule has 1 aliphatic heterocycles. The normalized spacial score (nSPS) is 20.6. The first-order valence-corrected chi connectivity index (χ1v) is 8.21. The number of ether oxygens (including phenoxy) is 2. The van der Waals surface area contributed by atoms with E-state index in [1.807, 2.05) is 61.5 Å². The van der Waals surface area contributed by atoms with Crippen molar-refractivity contribution in [2.45, 2.75) is 32.0 Å². The summed E-state index contributed by atoms with van der Waals surface area (Å²) in [5, 5.41) is 0. The molecule has 5 nitrogen and oxygen atoms in total. The fourth-order valence-electron chi connectivity index (χ4n) is 3.24. The molecule has 0 N–H and O–H groups in total. The van der Waals surface area contributed by atoms with Gasteiger partial charge in [-0.25, -0.2) is 0 Å². The lowest BCUT2D eigenvalue weighted by Gasteiger charge is -2.49. The van der Waals surface area contributed by atoms with Gasteiger partial charge in [0.1, 0.15) is 11.8 Å². The van der Waals surface area contributed by atoms with Gasteiger partial charge in [-0.3, -0.25) is 9.59 Å². The Kier molecular flexibility index (Phi) is 4.74. The molecule has 0 spiro atoms. The number of carbonyl (C=O) groups excluding carboxylic acids is 2. The lowest BCUT2D eigenvalue weighted by molar-refractivity contribution is -0.186. The number of rotatable bonds is 5. The molecule has 2 aromatic carbocycles. The molecule has 0 radical (unpaired) electrons. The topological polar surface area (TPSA) is 55.8 Å². The minimum absolute atomic E-state index is 0.118. The second-order valence-electron chi connectivity index (χ2n) is 6.08. The van der Waals surface area contributed by atoms with Crippen molar-refractivity contribution < 1.29 is 19.1 Å². The van der Waals surface area contributed by atoms with E-state index >= 15 is 0 Å². The maximum atomic E-state index is 12.6. The number of likely N-dealkylation sites (tertiary alicyclic amines) is 1. The number of amides is 1. The minimum Gasteiger partial charge on any atom is -0.497 e. The Morgan fingerprint density at radius 2 is 1.72 bits per heavy atom. The van der Waals surface area contributed by atoms with Crippen LogP contribution >= 0.6 is 0 Å². The molecule has 0 saturated carbocycles. The van der Waals surface area contributed by atoms with Gasteiger partial charge in [-0.05, 0) is 30.2 Å². The van der Waals surface area contributed by atoms with Crippen molar-refractivity contribution in [3.63, 3.8) is 0 Å². The summed E-state index contributed by atoms with van der Waals surface area (Å²) in [6, 6.07) is 16.9. The smallest absolute Gasteiger partial charge is 0.303 e. The Bertz CT molecular complexity index is 757. The number of β-lactam (4-membered cyclic amide) rings is 1. The van der Waals surface area contributed by atoms with Crippen molar-refractivity contribution in [1.82, 2.24) is 4.90 Å². The van der Waals surface area contributed by atoms with Crippen LogP contribution in [0.15, 0.2) is 54.6 Å². The van der Waals surface area contributed by atoms with Gasteiger partial charge in [0.25, 0.3) is 5.91 Å². The van der Waals surface area contributed by atoms with Crippen molar-refractivity contribution in [3.8, 4) is 5.75 Å². The number of hydrogen-bond acceptors (Lipinski definition) is 4. The molecule has 1 saturated heterocycles. The van der Waals surface area contributed by atoms with Crippen molar-refractivity contribution in [2.24, 2.45) is 0 Å². The molecular formula is C20H21NO4. The van der Waals surface area contributed by atoms with Crippen LogP contribution in [-0.2, 0) is 14.3 Å².